The van der Waals surface area contributed by atoms with E-state index >= 15 is 0 Å². The van der Waals surface area contributed by atoms with Crippen molar-refractivity contribution in [1.82, 2.24) is 10.3 Å². The minimum Gasteiger partial charge on any atom is -0.367 e. The summed E-state index contributed by atoms with van der Waals surface area (Å²) in [6.07, 6.45) is 4.11. The van der Waals surface area contributed by atoms with E-state index in [2.05, 4.69) is 28.6 Å². The van der Waals surface area contributed by atoms with Gasteiger partial charge in [-0.2, -0.15) is 5.26 Å². The summed E-state index contributed by atoms with van der Waals surface area (Å²) in [6.45, 7) is 4.40. The third-order valence-electron chi connectivity index (χ3n) is 3.31. The van der Waals surface area contributed by atoms with Crippen LogP contribution in [0.2, 0.25) is 0 Å². The highest BCUT2D eigenvalue weighted by atomic mass is 15.0. The van der Waals surface area contributed by atoms with Gasteiger partial charge in [0.05, 0.1) is 5.56 Å². The van der Waals surface area contributed by atoms with E-state index in [4.69, 9.17) is 5.26 Å². The summed E-state index contributed by atoms with van der Waals surface area (Å²) in [6, 6.07) is 6.14. The van der Waals surface area contributed by atoms with Crippen molar-refractivity contribution in [3.8, 4) is 6.07 Å². The summed E-state index contributed by atoms with van der Waals surface area (Å²) in [7, 11) is 0. The van der Waals surface area contributed by atoms with E-state index in [1.165, 1.54) is 12.8 Å². The molecule has 1 aromatic rings. The molecule has 0 aromatic carbocycles. The monoisotopic (exact) mass is 230 g/mol. The molecule has 1 aliphatic heterocycles. The number of hydrogen-bond acceptors (Lipinski definition) is 4. The van der Waals surface area contributed by atoms with Crippen molar-refractivity contribution in [3.63, 3.8) is 0 Å². The van der Waals surface area contributed by atoms with Crippen LogP contribution in [0, 0.1) is 17.2 Å². The molecule has 2 atom stereocenters. The molecule has 0 spiro atoms. The average Bonchev–Trinajstić information content (AvgIpc) is 2.40. The Kier molecular flexibility index (Phi) is 3.94. The second kappa shape index (κ2) is 5.65. The Balaban J connectivity index is 1.92. The van der Waals surface area contributed by atoms with E-state index in [1.807, 2.05) is 6.07 Å². The molecule has 1 aromatic heterocycles. The Labute approximate surface area is 102 Å². The normalized spacial score (nSPS) is 21.5. The number of nitrogens with one attached hydrogen (secondary N) is 2. The lowest BCUT2D eigenvalue weighted by Crippen LogP contribution is -2.38. The highest BCUT2D eigenvalue weighted by Gasteiger charge is 2.19. The van der Waals surface area contributed by atoms with Crippen LogP contribution in [0.15, 0.2) is 18.3 Å². The van der Waals surface area contributed by atoms with Crippen molar-refractivity contribution >= 4 is 5.82 Å². The largest absolute Gasteiger partial charge is 0.367 e. The highest BCUT2D eigenvalue weighted by molar-refractivity contribution is 5.39. The van der Waals surface area contributed by atoms with Crippen LogP contribution in [0.3, 0.4) is 0 Å². The fraction of sp³-hybridized carbons (Fsp3) is 0.538. The average molecular weight is 230 g/mol. The topological polar surface area (TPSA) is 60.7 Å². The van der Waals surface area contributed by atoms with E-state index in [9.17, 15) is 0 Å². The maximum atomic E-state index is 8.70. The van der Waals surface area contributed by atoms with Crippen LogP contribution in [0.5, 0.6) is 0 Å². The van der Waals surface area contributed by atoms with Crippen LogP contribution in [0.4, 0.5) is 5.82 Å². The third kappa shape index (κ3) is 3.18. The van der Waals surface area contributed by atoms with Gasteiger partial charge in [-0.15, -0.1) is 0 Å². The number of nitrogens with zero attached hydrogens (tertiary/aromatic N) is 2. The van der Waals surface area contributed by atoms with Gasteiger partial charge in [0.2, 0.25) is 0 Å². The molecule has 90 valence electrons. The van der Waals surface area contributed by atoms with Gasteiger partial charge in [-0.1, -0.05) is 0 Å². The first-order valence-electron chi connectivity index (χ1n) is 6.13. The Bertz CT molecular complexity index is 387. The summed E-state index contributed by atoms with van der Waals surface area (Å²) in [4.78, 5) is 4.23. The minimum atomic E-state index is 0.406. The van der Waals surface area contributed by atoms with Gasteiger partial charge in [0, 0.05) is 12.2 Å². The molecule has 1 aliphatic rings. The molecule has 2 N–H and O–H groups in total. The van der Waals surface area contributed by atoms with Gasteiger partial charge in [-0.3, -0.25) is 0 Å². The van der Waals surface area contributed by atoms with Crippen LogP contribution in [0.1, 0.15) is 25.3 Å². The quantitative estimate of drug-likeness (QED) is 0.830. The van der Waals surface area contributed by atoms with Gasteiger partial charge >= 0.3 is 0 Å². The van der Waals surface area contributed by atoms with Gasteiger partial charge in [0.15, 0.2) is 0 Å². The predicted molar refractivity (Wildman–Crippen MR) is 67.6 cm³/mol. The van der Waals surface area contributed by atoms with Crippen molar-refractivity contribution < 1.29 is 0 Å². The smallest absolute Gasteiger partial charge is 0.126 e. The van der Waals surface area contributed by atoms with E-state index < -0.39 is 0 Å². The van der Waals surface area contributed by atoms with Gasteiger partial charge in [0.25, 0.3) is 0 Å². The number of rotatable bonds is 3. The second-order valence-electron chi connectivity index (χ2n) is 4.58. The molecule has 2 unspecified atom stereocenters. The summed E-state index contributed by atoms with van der Waals surface area (Å²) in [5.74, 6) is 1.50. The molecule has 2 heterocycles. The van der Waals surface area contributed by atoms with E-state index in [0.29, 0.717) is 17.5 Å². The van der Waals surface area contributed by atoms with Gasteiger partial charge in [-0.25, -0.2) is 4.98 Å². The molecular weight excluding hydrogens is 212 g/mol. The number of hydrogen-bond donors (Lipinski definition) is 2. The zero-order valence-corrected chi connectivity index (χ0v) is 10.1. The number of anilines is 1. The van der Waals surface area contributed by atoms with Crippen LogP contribution in [-0.4, -0.2) is 24.1 Å². The van der Waals surface area contributed by atoms with Crippen molar-refractivity contribution in [2.45, 2.75) is 25.8 Å². The van der Waals surface area contributed by atoms with Crippen LogP contribution < -0.4 is 10.6 Å². The first-order valence-corrected chi connectivity index (χ1v) is 6.13. The molecule has 0 aliphatic carbocycles. The number of nitriles is 1. The third-order valence-corrected chi connectivity index (χ3v) is 3.31. The maximum Gasteiger partial charge on any atom is 0.126 e. The molecular formula is C13H18N4. The van der Waals surface area contributed by atoms with Crippen molar-refractivity contribution in [2.24, 2.45) is 5.92 Å². The standard InChI is InChI=1S/C13H18N4/c1-10(12-3-2-6-15-9-12)17-13-5-4-11(7-14)8-16-13/h4-5,8,10,12,15H,2-3,6,9H2,1H3,(H,16,17). The Morgan fingerprint density at radius 2 is 2.47 bits per heavy atom. The zero-order valence-electron chi connectivity index (χ0n) is 10.1. The fourth-order valence-electron chi connectivity index (χ4n) is 2.20. The Morgan fingerprint density at radius 1 is 1.59 bits per heavy atom. The Hall–Kier alpha value is -1.60. The lowest BCUT2D eigenvalue weighted by atomic mass is 9.93. The molecule has 0 amide bonds. The van der Waals surface area contributed by atoms with Crippen molar-refractivity contribution in [2.75, 3.05) is 18.4 Å². The van der Waals surface area contributed by atoms with Gasteiger partial charge in [0.1, 0.15) is 11.9 Å². The molecule has 4 heteroatoms. The molecule has 4 nitrogen and oxygen atoms in total. The predicted octanol–water partition coefficient (Wildman–Crippen LogP) is 1.75. The molecule has 0 radical (unpaired) electrons. The molecule has 2 rings (SSSR count). The summed E-state index contributed by atoms with van der Waals surface area (Å²) in [5, 5.41) is 15.5. The van der Waals surface area contributed by atoms with E-state index in [0.717, 1.165) is 18.9 Å². The lowest BCUT2D eigenvalue weighted by Gasteiger charge is -2.29. The highest BCUT2D eigenvalue weighted by Crippen LogP contribution is 2.17. The van der Waals surface area contributed by atoms with Crippen molar-refractivity contribution in [1.29, 1.82) is 5.26 Å². The lowest BCUT2D eigenvalue weighted by molar-refractivity contribution is 0.346. The van der Waals surface area contributed by atoms with Gasteiger partial charge < -0.3 is 10.6 Å². The van der Waals surface area contributed by atoms with Crippen LogP contribution in [-0.2, 0) is 0 Å². The minimum absolute atomic E-state index is 0.406. The van der Waals surface area contributed by atoms with Crippen molar-refractivity contribution in [3.05, 3.63) is 23.9 Å². The second-order valence-corrected chi connectivity index (χ2v) is 4.58. The first kappa shape index (κ1) is 11.9. The molecule has 17 heavy (non-hydrogen) atoms. The molecule has 1 fully saturated rings. The van der Waals surface area contributed by atoms with Crippen LogP contribution in [0.25, 0.3) is 0 Å². The van der Waals surface area contributed by atoms with E-state index in [-0.39, 0.29) is 0 Å². The number of piperidine rings is 1. The number of pyridine rings is 1. The molecule has 0 bridgehead atoms. The van der Waals surface area contributed by atoms with Crippen LogP contribution >= 0.6 is 0 Å². The SMILES string of the molecule is CC(Nc1ccc(C#N)cn1)C1CCCNC1. The fourth-order valence-corrected chi connectivity index (χ4v) is 2.20. The summed E-state index contributed by atoms with van der Waals surface area (Å²) < 4.78 is 0. The van der Waals surface area contributed by atoms with Gasteiger partial charge in [-0.05, 0) is 50.9 Å². The van der Waals surface area contributed by atoms with E-state index in [1.54, 1.807) is 12.3 Å². The number of aromatic nitrogens is 1. The maximum absolute atomic E-state index is 8.70. The summed E-state index contributed by atoms with van der Waals surface area (Å²) >= 11 is 0. The summed E-state index contributed by atoms with van der Waals surface area (Å²) in [5.41, 5.74) is 0.600. The molecule has 0 saturated carbocycles. The first-order chi connectivity index (χ1) is 8.29. The molecule has 1 saturated heterocycles. The Morgan fingerprint density at radius 3 is 3.06 bits per heavy atom. The zero-order chi connectivity index (χ0) is 12.1.